The Morgan fingerprint density at radius 1 is 1.42 bits per heavy atom. The zero-order valence-electron chi connectivity index (χ0n) is 11.1. The molecule has 0 saturated carbocycles. The molecule has 1 atom stereocenters. The number of benzene rings is 1. The van der Waals surface area contributed by atoms with E-state index in [1.165, 1.54) is 4.70 Å². The Labute approximate surface area is 117 Å². The summed E-state index contributed by atoms with van der Waals surface area (Å²) in [5, 5.41) is 4.44. The Hall–Kier alpha value is -1.39. The molecule has 2 heterocycles. The van der Waals surface area contributed by atoms with E-state index < -0.39 is 0 Å². The number of likely N-dealkylation sites (tertiary alicyclic amines) is 1. The van der Waals surface area contributed by atoms with Gasteiger partial charge in [0.2, 0.25) is 0 Å². The number of nitrogens with one attached hydrogen (secondary N) is 1. The van der Waals surface area contributed by atoms with E-state index in [0.717, 1.165) is 36.2 Å². The first-order chi connectivity index (χ1) is 9.28. The van der Waals surface area contributed by atoms with Crippen LogP contribution < -0.4 is 5.32 Å². The van der Waals surface area contributed by atoms with Crippen LogP contribution in [0, 0.1) is 0 Å². The van der Waals surface area contributed by atoms with Crippen molar-refractivity contribution in [1.82, 2.24) is 10.2 Å². The summed E-state index contributed by atoms with van der Waals surface area (Å²) < 4.78 is 1.19. The molecule has 1 saturated heterocycles. The molecule has 2 aromatic rings. The maximum atomic E-state index is 12.5. The Morgan fingerprint density at radius 3 is 3.05 bits per heavy atom. The van der Waals surface area contributed by atoms with Gasteiger partial charge in [-0.3, -0.25) is 4.79 Å². The summed E-state index contributed by atoms with van der Waals surface area (Å²) in [5.74, 6) is 0.182. The SMILES string of the molecule is CNC1CCCN(C(=O)c2cc3ccccc3s2)C1. The van der Waals surface area contributed by atoms with Crippen LogP contribution >= 0.6 is 11.3 Å². The third kappa shape index (κ3) is 2.51. The fourth-order valence-corrected chi connectivity index (χ4v) is 3.67. The molecule has 1 aromatic heterocycles. The van der Waals surface area contributed by atoms with Gasteiger partial charge in [-0.25, -0.2) is 0 Å². The molecular formula is C15H18N2OS. The summed E-state index contributed by atoms with van der Waals surface area (Å²) in [6, 6.07) is 10.6. The summed E-state index contributed by atoms with van der Waals surface area (Å²) in [4.78, 5) is 15.4. The highest BCUT2D eigenvalue weighted by molar-refractivity contribution is 7.20. The highest BCUT2D eigenvalue weighted by Gasteiger charge is 2.24. The summed E-state index contributed by atoms with van der Waals surface area (Å²) in [6.45, 7) is 1.70. The van der Waals surface area contributed by atoms with E-state index in [1.54, 1.807) is 11.3 Å². The van der Waals surface area contributed by atoms with Crippen molar-refractivity contribution in [3.63, 3.8) is 0 Å². The lowest BCUT2D eigenvalue weighted by atomic mass is 10.1. The number of rotatable bonds is 2. The molecule has 100 valence electrons. The summed E-state index contributed by atoms with van der Waals surface area (Å²) in [7, 11) is 1.97. The van der Waals surface area contributed by atoms with Crippen molar-refractivity contribution < 1.29 is 4.79 Å². The fraction of sp³-hybridized carbons (Fsp3) is 0.400. The molecule has 1 unspecified atom stereocenters. The van der Waals surface area contributed by atoms with Crippen LogP contribution in [0.4, 0.5) is 0 Å². The van der Waals surface area contributed by atoms with Gasteiger partial charge in [-0.15, -0.1) is 11.3 Å². The largest absolute Gasteiger partial charge is 0.336 e. The third-order valence-corrected chi connectivity index (χ3v) is 4.86. The third-order valence-electron chi connectivity index (χ3n) is 3.75. The minimum absolute atomic E-state index is 0.182. The molecule has 1 N–H and O–H groups in total. The second kappa shape index (κ2) is 5.31. The smallest absolute Gasteiger partial charge is 0.264 e. The molecule has 3 nitrogen and oxygen atoms in total. The second-order valence-electron chi connectivity index (χ2n) is 5.03. The van der Waals surface area contributed by atoms with E-state index in [0.29, 0.717) is 6.04 Å². The average molecular weight is 274 g/mol. The van der Waals surface area contributed by atoms with Gasteiger partial charge in [0.25, 0.3) is 5.91 Å². The van der Waals surface area contributed by atoms with Crippen LogP contribution in [0.25, 0.3) is 10.1 Å². The molecule has 0 bridgehead atoms. The number of fused-ring (bicyclic) bond motifs is 1. The molecule has 1 aliphatic rings. The topological polar surface area (TPSA) is 32.3 Å². The van der Waals surface area contributed by atoms with E-state index >= 15 is 0 Å². The Morgan fingerprint density at radius 2 is 2.26 bits per heavy atom. The average Bonchev–Trinajstić information content (AvgIpc) is 2.90. The lowest BCUT2D eigenvalue weighted by Crippen LogP contribution is -2.46. The first-order valence-corrected chi connectivity index (χ1v) is 7.54. The predicted molar refractivity (Wildman–Crippen MR) is 79.8 cm³/mol. The molecule has 0 radical (unpaired) electrons. The molecule has 0 aliphatic carbocycles. The van der Waals surface area contributed by atoms with Crippen molar-refractivity contribution in [2.24, 2.45) is 0 Å². The predicted octanol–water partition coefficient (Wildman–Crippen LogP) is 2.73. The Bertz CT molecular complexity index is 560. The summed E-state index contributed by atoms with van der Waals surface area (Å²) in [5.41, 5.74) is 0. The van der Waals surface area contributed by atoms with Gasteiger partial charge in [0.05, 0.1) is 4.88 Å². The number of nitrogens with zero attached hydrogens (tertiary/aromatic N) is 1. The van der Waals surface area contributed by atoms with E-state index in [-0.39, 0.29) is 5.91 Å². The van der Waals surface area contributed by atoms with Crippen LogP contribution in [0.2, 0.25) is 0 Å². The first kappa shape index (κ1) is 12.6. The zero-order chi connectivity index (χ0) is 13.2. The van der Waals surface area contributed by atoms with Crippen molar-refractivity contribution in [3.05, 3.63) is 35.2 Å². The normalized spacial score (nSPS) is 19.8. The van der Waals surface area contributed by atoms with Gasteiger partial charge in [-0.2, -0.15) is 0 Å². The minimum atomic E-state index is 0.182. The Kier molecular flexibility index (Phi) is 3.53. The Balaban J connectivity index is 1.82. The quantitative estimate of drug-likeness (QED) is 0.913. The number of amides is 1. The summed E-state index contributed by atoms with van der Waals surface area (Å²) >= 11 is 1.60. The van der Waals surface area contributed by atoms with Crippen LogP contribution in [-0.4, -0.2) is 37.0 Å². The number of thiophene rings is 1. The maximum absolute atomic E-state index is 12.5. The second-order valence-corrected chi connectivity index (χ2v) is 6.11. The van der Waals surface area contributed by atoms with Crippen LogP contribution in [0.1, 0.15) is 22.5 Å². The van der Waals surface area contributed by atoms with Crippen molar-refractivity contribution in [2.45, 2.75) is 18.9 Å². The fourth-order valence-electron chi connectivity index (χ4n) is 2.64. The van der Waals surface area contributed by atoms with Gasteiger partial charge in [-0.05, 0) is 37.4 Å². The minimum Gasteiger partial charge on any atom is -0.336 e. The monoisotopic (exact) mass is 274 g/mol. The van der Waals surface area contributed by atoms with Crippen molar-refractivity contribution in [2.75, 3.05) is 20.1 Å². The molecule has 1 aliphatic heterocycles. The number of hydrogen-bond donors (Lipinski definition) is 1. The highest BCUT2D eigenvalue weighted by Crippen LogP contribution is 2.27. The maximum Gasteiger partial charge on any atom is 0.264 e. The van der Waals surface area contributed by atoms with Gasteiger partial charge in [-0.1, -0.05) is 18.2 Å². The standard InChI is InChI=1S/C15H18N2OS/c1-16-12-6-4-8-17(10-12)15(18)14-9-11-5-2-3-7-13(11)19-14/h2-3,5,7,9,12,16H,4,6,8,10H2,1H3. The molecule has 1 amide bonds. The van der Waals surface area contributed by atoms with Gasteiger partial charge in [0, 0.05) is 23.8 Å². The zero-order valence-corrected chi connectivity index (χ0v) is 11.9. The number of piperidine rings is 1. The number of carbonyl (C=O) groups is 1. The molecule has 19 heavy (non-hydrogen) atoms. The van der Waals surface area contributed by atoms with Gasteiger partial charge < -0.3 is 10.2 Å². The van der Waals surface area contributed by atoms with Crippen molar-refractivity contribution in [3.8, 4) is 0 Å². The molecule has 0 spiro atoms. The molecule has 1 aromatic carbocycles. The van der Waals surface area contributed by atoms with Crippen LogP contribution in [-0.2, 0) is 0 Å². The molecular weight excluding hydrogens is 256 g/mol. The van der Waals surface area contributed by atoms with Crippen molar-refractivity contribution in [1.29, 1.82) is 0 Å². The number of likely N-dealkylation sites (N-methyl/N-ethyl adjacent to an activating group) is 1. The lowest BCUT2D eigenvalue weighted by Gasteiger charge is -2.32. The van der Waals surface area contributed by atoms with Gasteiger partial charge >= 0.3 is 0 Å². The van der Waals surface area contributed by atoms with Crippen LogP contribution in [0.3, 0.4) is 0 Å². The first-order valence-electron chi connectivity index (χ1n) is 6.73. The number of carbonyl (C=O) groups excluding carboxylic acids is 1. The highest BCUT2D eigenvalue weighted by atomic mass is 32.1. The van der Waals surface area contributed by atoms with Crippen LogP contribution in [0.5, 0.6) is 0 Å². The van der Waals surface area contributed by atoms with E-state index in [2.05, 4.69) is 17.4 Å². The van der Waals surface area contributed by atoms with Gasteiger partial charge in [0.1, 0.15) is 0 Å². The van der Waals surface area contributed by atoms with E-state index in [1.807, 2.05) is 30.1 Å². The van der Waals surface area contributed by atoms with Crippen molar-refractivity contribution >= 4 is 27.3 Å². The molecule has 3 rings (SSSR count). The van der Waals surface area contributed by atoms with Crippen LogP contribution in [0.15, 0.2) is 30.3 Å². The summed E-state index contributed by atoms with van der Waals surface area (Å²) in [6.07, 6.45) is 2.24. The molecule has 4 heteroatoms. The van der Waals surface area contributed by atoms with E-state index in [4.69, 9.17) is 0 Å². The van der Waals surface area contributed by atoms with E-state index in [9.17, 15) is 4.79 Å². The number of hydrogen-bond acceptors (Lipinski definition) is 3. The molecule has 1 fully saturated rings. The lowest BCUT2D eigenvalue weighted by molar-refractivity contribution is 0.0703. The van der Waals surface area contributed by atoms with Gasteiger partial charge in [0.15, 0.2) is 0 Å².